The lowest BCUT2D eigenvalue weighted by Crippen LogP contribution is -1.98. The first-order valence-electron chi connectivity index (χ1n) is 5.37. The first-order valence-corrected chi connectivity index (χ1v) is 6.69. The third-order valence-electron chi connectivity index (χ3n) is 2.52. The molecule has 0 amide bonds. The van der Waals surface area contributed by atoms with Crippen molar-refractivity contribution >= 4 is 22.9 Å². The Kier molecular flexibility index (Phi) is 4.02. The molecule has 2 nitrogen and oxygen atoms in total. The molecule has 0 spiro atoms. The number of hydrogen-bond donors (Lipinski definition) is 0. The van der Waals surface area contributed by atoms with Gasteiger partial charge in [0.25, 0.3) is 0 Å². The molecule has 0 bridgehead atoms. The second-order valence-corrected chi connectivity index (χ2v) is 5.33. The predicted molar refractivity (Wildman–Crippen MR) is 72.1 cm³/mol. The van der Waals surface area contributed by atoms with Crippen molar-refractivity contribution in [2.75, 3.05) is 7.11 Å². The number of thiophene rings is 1. The minimum Gasteiger partial charge on any atom is -0.496 e. The summed E-state index contributed by atoms with van der Waals surface area (Å²) in [5.41, 5.74) is 2.17. The molecular formula is C13H14ClNOS. The summed E-state index contributed by atoms with van der Waals surface area (Å²) < 4.78 is 5.27. The fourth-order valence-electron chi connectivity index (χ4n) is 1.60. The third-order valence-corrected chi connectivity index (χ3v) is 4.04. The van der Waals surface area contributed by atoms with Crippen LogP contribution < -0.4 is 4.74 Å². The number of nitrogens with zero attached hydrogens (tertiary/aromatic N) is 1. The van der Waals surface area contributed by atoms with E-state index in [4.69, 9.17) is 16.3 Å². The van der Waals surface area contributed by atoms with Crippen molar-refractivity contribution < 1.29 is 4.74 Å². The van der Waals surface area contributed by atoms with Gasteiger partial charge in [-0.3, -0.25) is 4.98 Å². The van der Waals surface area contributed by atoms with Crippen LogP contribution in [0.5, 0.6) is 5.75 Å². The van der Waals surface area contributed by atoms with Gasteiger partial charge in [0, 0.05) is 18.3 Å². The standard InChI is InChI=1S/C13H14ClNOS/c1-9-3-4-10(15-8-9)7-11(14)13-12(16-2)5-6-17-13/h3-6,8,11H,7H2,1-2H3. The SMILES string of the molecule is COc1ccsc1C(Cl)Cc1ccc(C)cn1. The number of alkyl halides is 1. The van der Waals surface area contributed by atoms with Gasteiger partial charge in [0.2, 0.25) is 0 Å². The van der Waals surface area contributed by atoms with E-state index in [1.165, 1.54) is 0 Å². The summed E-state index contributed by atoms with van der Waals surface area (Å²) in [7, 11) is 1.67. The molecule has 0 N–H and O–H groups in total. The zero-order valence-electron chi connectivity index (χ0n) is 9.81. The van der Waals surface area contributed by atoms with E-state index in [1.807, 2.05) is 30.6 Å². The highest BCUT2D eigenvalue weighted by Gasteiger charge is 2.16. The number of halogens is 1. The summed E-state index contributed by atoms with van der Waals surface area (Å²) in [4.78, 5) is 5.43. The molecule has 2 rings (SSSR count). The fraction of sp³-hybridized carbons (Fsp3) is 0.308. The molecule has 0 aromatic carbocycles. The van der Waals surface area contributed by atoms with Crippen LogP contribution in [0.2, 0.25) is 0 Å². The molecule has 0 aliphatic rings. The Balaban J connectivity index is 2.11. The molecule has 0 aliphatic heterocycles. The van der Waals surface area contributed by atoms with E-state index in [-0.39, 0.29) is 5.38 Å². The maximum absolute atomic E-state index is 6.40. The molecule has 17 heavy (non-hydrogen) atoms. The van der Waals surface area contributed by atoms with Crippen molar-refractivity contribution in [2.45, 2.75) is 18.7 Å². The molecule has 1 atom stereocenters. The van der Waals surface area contributed by atoms with Gasteiger partial charge in [0.1, 0.15) is 5.75 Å². The van der Waals surface area contributed by atoms with Gasteiger partial charge in [-0.2, -0.15) is 0 Å². The van der Waals surface area contributed by atoms with E-state index in [9.17, 15) is 0 Å². The average Bonchev–Trinajstić information content (AvgIpc) is 2.80. The van der Waals surface area contributed by atoms with Crippen molar-refractivity contribution in [3.63, 3.8) is 0 Å². The number of aryl methyl sites for hydroxylation is 1. The van der Waals surface area contributed by atoms with Gasteiger partial charge in [-0.25, -0.2) is 0 Å². The minimum absolute atomic E-state index is 0.0832. The maximum atomic E-state index is 6.40. The van der Waals surface area contributed by atoms with Gasteiger partial charge in [-0.1, -0.05) is 6.07 Å². The predicted octanol–water partition coefficient (Wildman–Crippen LogP) is 3.98. The molecule has 0 radical (unpaired) electrons. The Labute approximate surface area is 110 Å². The lowest BCUT2D eigenvalue weighted by molar-refractivity contribution is 0.411. The first kappa shape index (κ1) is 12.4. The normalized spacial score (nSPS) is 12.4. The molecule has 2 heterocycles. The first-order chi connectivity index (χ1) is 8.20. The molecule has 90 valence electrons. The lowest BCUT2D eigenvalue weighted by Gasteiger charge is -2.09. The summed E-state index contributed by atoms with van der Waals surface area (Å²) in [6, 6.07) is 6.01. The van der Waals surface area contributed by atoms with Crippen molar-refractivity contribution in [3.05, 3.63) is 45.9 Å². The Morgan fingerprint density at radius 2 is 2.24 bits per heavy atom. The van der Waals surface area contributed by atoms with E-state index < -0.39 is 0 Å². The van der Waals surface area contributed by atoms with E-state index in [0.717, 1.165) is 28.3 Å². The zero-order valence-corrected chi connectivity index (χ0v) is 11.4. The van der Waals surface area contributed by atoms with Crippen LogP contribution in [-0.4, -0.2) is 12.1 Å². The van der Waals surface area contributed by atoms with Gasteiger partial charge in [-0.05, 0) is 30.0 Å². The molecule has 0 fully saturated rings. The minimum atomic E-state index is -0.0832. The molecule has 0 aliphatic carbocycles. The van der Waals surface area contributed by atoms with Gasteiger partial charge in [-0.15, -0.1) is 22.9 Å². The number of pyridine rings is 1. The quantitative estimate of drug-likeness (QED) is 0.782. The summed E-state index contributed by atoms with van der Waals surface area (Å²) in [5, 5.41) is 1.91. The molecule has 2 aromatic heterocycles. The van der Waals surface area contributed by atoms with Crippen LogP contribution in [0.15, 0.2) is 29.8 Å². The number of ether oxygens (including phenoxy) is 1. The summed E-state index contributed by atoms with van der Waals surface area (Å²) in [6.45, 7) is 2.03. The summed E-state index contributed by atoms with van der Waals surface area (Å²) in [6.07, 6.45) is 2.59. The Morgan fingerprint density at radius 3 is 2.88 bits per heavy atom. The highest BCUT2D eigenvalue weighted by molar-refractivity contribution is 7.10. The van der Waals surface area contributed by atoms with E-state index in [1.54, 1.807) is 18.4 Å². The van der Waals surface area contributed by atoms with Crippen molar-refractivity contribution in [3.8, 4) is 5.75 Å². The van der Waals surface area contributed by atoms with Crippen molar-refractivity contribution in [2.24, 2.45) is 0 Å². The maximum Gasteiger partial charge on any atom is 0.134 e. The van der Waals surface area contributed by atoms with E-state index in [0.29, 0.717) is 0 Å². The van der Waals surface area contributed by atoms with Gasteiger partial charge < -0.3 is 4.74 Å². The van der Waals surface area contributed by atoms with Gasteiger partial charge in [0.15, 0.2) is 0 Å². The fourth-order valence-corrected chi connectivity index (χ4v) is 2.86. The zero-order chi connectivity index (χ0) is 12.3. The van der Waals surface area contributed by atoms with Crippen LogP contribution in [0.4, 0.5) is 0 Å². The molecule has 0 saturated heterocycles. The monoisotopic (exact) mass is 267 g/mol. The van der Waals surface area contributed by atoms with Crippen LogP contribution in [0.3, 0.4) is 0 Å². The van der Waals surface area contributed by atoms with Crippen LogP contribution in [0, 0.1) is 6.92 Å². The molecule has 0 saturated carbocycles. The number of hydrogen-bond acceptors (Lipinski definition) is 3. The number of methoxy groups -OCH3 is 1. The molecular weight excluding hydrogens is 254 g/mol. The second-order valence-electron chi connectivity index (χ2n) is 3.85. The highest BCUT2D eigenvalue weighted by Crippen LogP contribution is 2.36. The van der Waals surface area contributed by atoms with Crippen LogP contribution in [0.1, 0.15) is 21.5 Å². The van der Waals surface area contributed by atoms with Crippen molar-refractivity contribution in [1.29, 1.82) is 0 Å². The Bertz CT molecular complexity index is 480. The largest absolute Gasteiger partial charge is 0.496 e. The van der Waals surface area contributed by atoms with E-state index >= 15 is 0 Å². The Morgan fingerprint density at radius 1 is 1.41 bits per heavy atom. The summed E-state index contributed by atoms with van der Waals surface area (Å²) in [5.74, 6) is 0.863. The van der Waals surface area contributed by atoms with Crippen LogP contribution in [0.25, 0.3) is 0 Å². The summed E-state index contributed by atoms with van der Waals surface area (Å²) >= 11 is 8.02. The molecule has 1 unspecified atom stereocenters. The highest BCUT2D eigenvalue weighted by atomic mass is 35.5. The smallest absolute Gasteiger partial charge is 0.134 e. The van der Waals surface area contributed by atoms with E-state index in [2.05, 4.69) is 11.1 Å². The Hall–Kier alpha value is -1.06. The van der Waals surface area contributed by atoms with Crippen LogP contribution >= 0.6 is 22.9 Å². The van der Waals surface area contributed by atoms with Crippen LogP contribution in [-0.2, 0) is 6.42 Å². The lowest BCUT2D eigenvalue weighted by atomic mass is 10.1. The van der Waals surface area contributed by atoms with Crippen molar-refractivity contribution in [1.82, 2.24) is 4.98 Å². The average molecular weight is 268 g/mol. The molecule has 4 heteroatoms. The topological polar surface area (TPSA) is 22.1 Å². The van der Waals surface area contributed by atoms with Gasteiger partial charge >= 0.3 is 0 Å². The molecule has 2 aromatic rings. The second kappa shape index (κ2) is 5.52. The number of rotatable bonds is 4. The third kappa shape index (κ3) is 2.99. The van der Waals surface area contributed by atoms with Gasteiger partial charge in [0.05, 0.1) is 17.4 Å². The number of aromatic nitrogens is 1.